The first-order valence-corrected chi connectivity index (χ1v) is 11.9. The number of carbonyl (C=O) groups excluding carboxylic acids is 1. The second-order valence-electron chi connectivity index (χ2n) is 8.55. The molecule has 9 heteroatoms. The van der Waals surface area contributed by atoms with Gasteiger partial charge in [0.1, 0.15) is 17.2 Å². The van der Waals surface area contributed by atoms with Gasteiger partial charge in [-0.15, -0.1) is 0 Å². The topological polar surface area (TPSA) is 66.4 Å². The van der Waals surface area contributed by atoms with Gasteiger partial charge in [-0.25, -0.2) is 8.78 Å². The highest BCUT2D eigenvalue weighted by atomic mass is 35.5. The van der Waals surface area contributed by atoms with Gasteiger partial charge in [0.05, 0.1) is 11.2 Å². The number of piperazine rings is 1. The number of rotatable bonds is 5. The molecule has 0 aliphatic carbocycles. The molecule has 1 fully saturated rings. The molecule has 2 heterocycles. The van der Waals surface area contributed by atoms with Crippen molar-refractivity contribution >= 4 is 34.1 Å². The van der Waals surface area contributed by atoms with Crippen LogP contribution in [0.5, 0.6) is 0 Å². The van der Waals surface area contributed by atoms with Gasteiger partial charge in [-0.1, -0.05) is 29.8 Å². The van der Waals surface area contributed by atoms with E-state index in [1.54, 1.807) is 10.6 Å². The Morgan fingerprint density at radius 3 is 2.50 bits per heavy atom. The predicted molar refractivity (Wildman–Crippen MR) is 137 cm³/mol. The number of para-hydroxylation sites is 1. The number of aromatic nitrogens is 1. The first-order chi connectivity index (χ1) is 17.4. The zero-order valence-corrected chi connectivity index (χ0v) is 20.0. The van der Waals surface area contributed by atoms with Crippen LogP contribution in [0, 0.1) is 11.6 Å². The van der Waals surface area contributed by atoms with Gasteiger partial charge in [-0.05, 0) is 42.5 Å². The molecular weight excluding hydrogens is 486 g/mol. The van der Waals surface area contributed by atoms with Crippen molar-refractivity contribution in [3.05, 3.63) is 105 Å². The first kappa shape index (κ1) is 24.0. The van der Waals surface area contributed by atoms with Crippen LogP contribution < -0.4 is 21.0 Å². The zero-order chi connectivity index (χ0) is 25.2. The minimum Gasteiger partial charge on any atom is -0.367 e. The van der Waals surface area contributed by atoms with Crippen LogP contribution in [0.1, 0.15) is 15.9 Å². The lowest BCUT2D eigenvalue weighted by Crippen LogP contribution is -2.43. The van der Waals surface area contributed by atoms with Crippen LogP contribution in [0.2, 0.25) is 5.02 Å². The minimum absolute atomic E-state index is 0.0804. The lowest BCUT2D eigenvalue weighted by molar-refractivity contribution is 0.0949. The summed E-state index contributed by atoms with van der Waals surface area (Å²) in [4.78, 5) is 28.4. The van der Waals surface area contributed by atoms with Crippen molar-refractivity contribution in [3.63, 3.8) is 0 Å². The molecule has 1 amide bonds. The number of nitrogens with zero attached hydrogens (tertiary/aromatic N) is 2. The molecule has 3 aromatic carbocycles. The normalized spacial score (nSPS) is 13.7. The maximum Gasteiger partial charge on any atom is 0.257 e. The van der Waals surface area contributed by atoms with E-state index in [4.69, 9.17) is 11.6 Å². The van der Waals surface area contributed by atoms with Crippen molar-refractivity contribution in [2.24, 2.45) is 0 Å². The molecule has 0 radical (unpaired) electrons. The maximum atomic E-state index is 15.2. The summed E-state index contributed by atoms with van der Waals surface area (Å²) in [6, 6.07) is 16.1. The van der Waals surface area contributed by atoms with Gasteiger partial charge < -0.3 is 20.1 Å². The summed E-state index contributed by atoms with van der Waals surface area (Å²) in [5, 5.41) is 6.24. The number of carbonyl (C=O) groups is 1. The fraction of sp³-hybridized carbons (Fsp3) is 0.185. The predicted octanol–water partition coefficient (Wildman–Crippen LogP) is 4.26. The summed E-state index contributed by atoms with van der Waals surface area (Å²) in [7, 11) is 0. The highest BCUT2D eigenvalue weighted by molar-refractivity contribution is 6.30. The summed E-state index contributed by atoms with van der Waals surface area (Å²) in [5.41, 5.74) is 0.998. The number of anilines is 1. The van der Waals surface area contributed by atoms with E-state index in [0.717, 1.165) is 13.1 Å². The number of pyridine rings is 1. The Bertz CT molecular complexity index is 1500. The molecule has 0 spiro atoms. The van der Waals surface area contributed by atoms with Crippen molar-refractivity contribution in [1.82, 2.24) is 15.2 Å². The molecule has 0 saturated carbocycles. The molecule has 5 rings (SSSR count). The number of nitrogens with one attached hydrogen (secondary N) is 2. The Morgan fingerprint density at radius 1 is 1.00 bits per heavy atom. The number of hydrogen-bond acceptors (Lipinski definition) is 4. The number of halogens is 3. The van der Waals surface area contributed by atoms with Gasteiger partial charge in [0.25, 0.3) is 5.91 Å². The number of fused-ring (bicyclic) bond motifs is 1. The third kappa shape index (κ3) is 4.69. The average molecular weight is 509 g/mol. The van der Waals surface area contributed by atoms with Gasteiger partial charge in [0.2, 0.25) is 5.43 Å². The van der Waals surface area contributed by atoms with E-state index >= 15 is 4.39 Å². The Hall–Kier alpha value is -3.75. The molecule has 0 atom stereocenters. The monoisotopic (exact) mass is 508 g/mol. The van der Waals surface area contributed by atoms with E-state index in [9.17, 15) is 14.0 Å². The van der Waals surface area contributed by atoms with Crippen LogP contribution in [0.3, 0.4) is 0 Å². The van der Waals surface area contributed by atoms with Crippen molar-refractivity contribution in [2.45, 2.75) is 6.54 Å². The minimum atomic E-state index is -0.697. The van der Waals surface area contributed by atoms with E-state index in [1.165, 1.54) is 30.5 Å². The average Bonchev–Trinajstić information content (AvgIpc) is 2.90. The maximum absolute atomic E-state index is 15.2. The summed E-state index contributed by atoms with van der Waals surface area (Å²) in [6.45, 7) is 2.58. The molecule has 184 valence electrons. The van der Waals surface area contributed by atoms with Crippen molar-refractivity contribution in [1.29, 1.82) is 0 Å². The van der Waals surface area contributed by atoms with Crippen LogP contribution in [0.25, 0.3) is 16.6 Å². The van der Waals surface area contributed by atoms with Gasteiger partial charge in [-0.3, -0.25) is 9.59 Å². The quantitative estimate of drug-likeness (QED) is 0.423. The molecule has 1 aromatic heterocycles. The summed E-state index contributed by atoms with van der Waals surface area (Å²) in [5.74, 6) is -1.75. The molecule has 1 aliphatic rings. The van der Waals surface area contributed by atoms with Gasteiger partial charge in [0, 0.05) is 60.6 Å². The second-order valence-corrected chi connectivity index (χ2v) is 8.99. The molecule has 0 bridgehead atoms. The molecule has 0 unspecified atom stereocenters. The standard InChI is InChI=1S/C27H23ClF2N4O2/c28-18-6-7-22(29)17(12-18)15-32-27(36)21-16-34(19-4-2-1-3-5-19)24-14-25(33-10-8-31-9-11-33)23(30)13-20(24)26(21)35/h1-7,12-14,16,31H,8-11,15H2,(H,32,36). The summed E-state index contributed by atoms with van der Waals surface area (Å²) < 4.78 is 31.0. The third-order valence-corrected chi connectivity index (χ3v) is 6.49. The van der Waals surface area contributed by atoms with Gasteiger partial charge >= 0.3 is 0 Å². The molecule has 36 heavy (non-hydrogen) atoms. The van der Waals surface area contributed by atoms with Crippen LogP contribution in [-0.4, -0.2) is 36.7 Å². The summed E-state index contributed by atoms with van der Waals surface area (Å²) >= 11 is 5.94. The van der Waals surface area contributed by atoms with E-state index in [-0.39, 0.29) is 23.1 Å². The van der Waals surface area contributed by atoms with Crippen molar-refractivity contribution < 1.29 is 13.6 Å². The number of hydrogen-bond donors (Lipinski definition) is 2. The van der Waals surface area contributed by atoms with Crippen molar-refractivity contribution in [3.8, 4) is 5.69 Å². The highest BCUT2D eigenvalue weighted by Crippen LogP contribution is 2.27. The van der Waals surface area contributed by atoms with Crippen LogP contribution in [0.4, 0.5) is 14.5 Å². The van der Waals surface area contributed by atoms with Crippen LogP contribution in [0.15, 0.2) is 71.7 Å². The van der Waals surface area contributed by atoms with E-state index in [1.807, 2.05) is 35.2 Å². The van der Waals surface area contributed by atoms with Crippen LogP contribution >= 0.6 is 11.6 Å². The Kier molecular flexibility index (Phi) is 6.71. The fourth-order valence-electron chi connectivity index (χ4n) is 4.40. The molecule has 1 aliphatic heterocycles. The Labute approximate surface area is 211 Å². The lowest BCUT2D eigenvalue weighted by atomic mass is 10.1. The first-order valence-electron chi connectivity index (χ1n) is 11.5. The number of benzene rings is 3. The fourth-order valence-corrected chi connectivity index (χ4v) is 4.59. The molecule has 6 nitrogen and oxygen atoms in total. The lowest BCUT2D eigenvalue weighted by Gasteiger charge is -2.30. The van der Waals surface area contributed by atoms with Crippen molar-refractivity contribution in [2.75, 3.05) is 31.1 Å². The highest BCUT2D eigenvalue weighted by Gasteiger charge is 2.21. The molecular formula is C27H23ClF2N4O2. The van der Waals surface area contributed by atoms with E-state index in [0.29, 0.717) is 35.0 Å². The molecule has 1 saturated heterocycles. The Balaban J connectivity index is 1.60. The zero-order valence-electron chi connectivity index (χ0n) is 19.2. The van der Waals surface area contributed by atoms with Gasteiger partial charge in [0.15, 0.2) is 0 Å². The number of amides is 1. The van der Waals surface area contributed by atoms with Crippen LogP contribution in [-0.2, 0) is 6.54 Å². The van der Waals surface area contributed by atoms with E-state index in [2.05, 4.69) is 10.6 Å². The molecule has 2 N–H and O–H groups in total. The van der Waals surface area contributed by atoms with Gasteiger partial charge in [-0.2, -0.15) is 0 Å². The summed E-state index contributed by atoms with van der Waals surface area (Å²) in [6.07, 6.45) is 1.45. The SMILES string of the molecule is O=C(NCc1cc(Cl)ccc1F)c1cn(-c2ccccc2)c2cc(N3CCNCC3)c(F)cc2c1=O. The van der Waals surface area contributed by atoms with E-state index < -0.39 is 23.0 Å². The smallest absolute Gasteiger partial charge is 0.257 e. The molecule has 4 aromatic rings. The Morgan fingerprint density at radius 2 is 1.75 bits per heavy atom. The third-order valence-electron chi connectivity index (χ3n) is 6.26. The largest absolute Gasteiger partial charge is 0.367 e. The second kappa shape index (κ2) is 10.1.